The minimum absolute atomic E-state index is 0.0709. The van der Waals surface area contributed by atoms with Gasteiger partial charge in [-0.05, 0) is 54.7 Å². The zero-order valence-corrected chi connectivity index (χ0v) is 15.8. The lowest BCUT2D eigenvalue weighted by molar-refractivity contribution is -0.121. The van der Waals surface area contributed by atoms with Crippen LogP contribution in [0.2, 0.25) is 10.0 Å². The maximum absolute atomic E-state index is 12.2. The number of carbonyl (C=O) groups excluding carboxylic acids is 1. The summed E-state index contributed by atoms with van der Waals surface area (Å²) in [6.45, 7) is 6.99. The van der Waals surface area contributed by atoms with Gasteiger partial charge < -0.3 is 5.32 Å². The van der Waals surface area contributed by atoms with Crippen molar-refractivity contribution in [3.05, 3.63) is 33.8 Å². The fourth-order valence-corrected chi connectivity index (χ4v) is 3.74. The molecule has 128 valence electrons. The van der Waals surface area contributed by atoms with Crippen LogP contribution in [0.5, 0.6) is 0 Å². The number of carbonyl (C=O) groups is 1. The summed E-state index contributed by atoms with van der Waals surface area (Å²) in [6, 6.07) is 5.68. The van der Waals surface area contributed by atoms with E-state index in [9.17, 15) is 4.79 Å². The summed E-state index contributed by atoms with van der Waals surface area (Å²) in [5.41, 5.74) is 1.31. The number of halogens is 2. The molecule has 2 nitrogen and oxygen atoms in total. The van der Waals surface area contributed by atoms with Gasteiger partial charge in [-0.1, -0.05) is 56.5 Å². The van der Waals surface area contributed by atoms with Crippen LogP contribution in [-0.2, 0) is 11.2 Å². The molecule has 1 aliphatic carbocycles. The van der Waals surface area contributed by atoms with Crippen molar-refractivity contribution in [2.45, 2.75) is 65.3 Å². The minimum atomic E-state index is 0.0709. The van der Waals surface area contributed by atoms with Crippen molar-refractivity contribution < 1.29 is 4.79 Å². The molecule has 4 heteroatoms. The molecular formula is C19H27Cl2NO. The molecule has 0 radical (unpaired) electrons. The van der Waals surface area contributed by atoms with Gasteiger partial charge in [0.1, 0.15) is 0 Å². The number of benzene rings is 1. The van der Waals surface area contributed by atoms with Crippen molar-refractivity contribution in [2.75, 3.05) is 0 Å². The second-order valence-corrected chi connectivity index (χ2v) is 8.20. The average molecular weight is 356 g/mol. The third-order valence-corrected chi connectivity index (χ3v) is 6.20. The van der Waals surface area contributed by atoms with E-state index in [1.807, 2.05) is 6.07 Å². The third-order valence-electron chi connectivity index (χ3n) is 5.46. The van der Waals surface area contributed by atoms with Gasteiger partial charge in [-0.15, -0.1) is 0 Å². The normalized spacial score (nSPS) is 22.0. The van der Waals surface area contributed by atoms with E-state index in [0.717, 1.165) is 24.3 Å². The molecule has 1 N–H and O–H groups in total. The Balaban J connectivity index is 1.82. The second kappa shape index (κ2) is 7.90. The monoisotopic (exact) mass is 355 g/mol. The van der Waals surface area contributed by atoms with Crippen LogP contribution in [0.4, 0.5) is 0 Å². The SMILES string of the molecule is CCC(C)(C)C1CCC(NC(=O)Cc2ccc(Cl)c(Cl)c2)CC1. The van der Waals surface area contributed by atoms with Gasteiger partial charge in [-0.3, -0.25) is 4.79 Å². The van der Waals surface area contributed by atoms with Crippen molar-refractivity contribution in [3.8, 4) is 0 Å². The van der Waals surface area contributed by atoms with Crippen molar-refractivity contribution in [2.24, 2.45) is 11.3 Å². The van der Waals surface area contributed by atoms with Crippen LogP contribution in [0.1, 0.15) is 58.4 Å². The van der Waals surface area contributed by atoms with Gasteiger partial charge in [-0.2, -0.15) is 0 Å². The first-order valence-corrected chi connectivity index (χ1v) is 9.30. The molecule has 1 aromatic carbocycles. The Hall–Kier alpha value is -0.730. The van der Waals surface area contributed by atoms with Crippen molar-refractivity contribution >= 4 is 29.1 Å². The van der Waals surface area contributed by atoms with Gasteiger partial charge in [0, 0.05) is 6.04 Å². The Morgan fingerprint density at radius 3 is 2.39 bits per heavy atom. The van der Waals surface area contributed by atoms with Gasteiger partial charge >= 0.3 is 0 Å². The predicted molar refractivity (Wildman–Crippen MR) is 98.1 cm³/mol. The van der Waals surface area contributed by atoms with Gasteiger partial charge in [0.25, 0.3) is 0 Å². The maximum atomic E-state index is 12.2. The summed E-state index contributed by atoms with van der Waals surface area (Å²) in [6.07, 6.45) is 6.16. The van der Waals surface area contributed by atoms with Crippen LogP contribution in [0, 0.1) is 11.3 Å². The van der Waals surface area contributed by atoms with E-state index in [1.165, 1.54) is 19.3 Å². The lowest BCUT2D eigenvalue weighted by Crippen LogP contribution is -2.40. The number of hydrogen-bond donors (Lipinski definition) is 1. The summed E-state index contributed by atoms with van der Waals surface area (Å²) in [5, 5.41) is 4.20. The Bertz CT molecular complexity index is 548. The topological polar surface area (TPSA) is 29.1 Å². The first-order valence-electron chi connectivity index (χ1n) is 8.55. The molecule has 0 unspecified atom stereocenters. The minimum Gasteiger partial charge on any atom is -0.353 e. The van der Waals surface area contributed by atoms with Gasteiger partial charge in [0.15, 0.2) is 0 Å². The number of rotatable bonds is 5. The molecule has 1 amide bonds. The summed E-state index contributed by atoms with van der Waals surface area (Å²) < 4.78 is 0. The van der Waals surface area contributed by atoms with E-state index >= 15 is 0 Å². The van der Waals surface area contributed by atoms with E-state index in [2.05, 4.69) is 26.1 Å². The molecule has 0 atom stereocenters. The molecule has 1 aromatic rings. The van der Waals surface area contributed by atoms with Crippen LogP contribution < -0.4 is 5.32 Å². The highest BCUT2D eigenvalue weighted by Gasteiger charge is 2.32. The molecular weight excluding hydrogens is 329 g/mol. The molecule has 0 bridgehead atoms. The highest BCUT2D eigenvalue weighted by Crippen LogP contribution is 2.40. The Morgan fingerprint density at radius 1 is 1.17 bits per heavy atom. The standard InChI is InChI=1S/C19H27Cl2NO/c1-4-19(2,3)14-6-8-15(9-7-14)22-18(23)12-13-5-10-16(20)17(21)11-13/h5,10-11,14-15H,4,6-9,12H2,1-3H3,(H,22,23). The van der Waals surface area contributed by atoms with E-state index in [1.54, 1.807) is 12.1 Å². The van der Waals surface area contributed by atoms with Crippen LogP contribution in [0.3, 0.4) is 0 Å². The summed E-state index contributed by atoms with van der Waals surface area (Å²) in [7, 11) is 0. The summed E-state index contributed by atoms with van der Waals surface area (Å²) in [4.78, 5) is 12.2. The zero-order chi connectivity index (χ0) is 17.0. The number of amides is 1. The second-order valence-electron chi connectivity index (χ2n) is 7.38. The third kappa shape index (κ3) is 5.12. The van der Waals surface area contributed by atoms with Crippen molar-refractivity contribution in [3.63, 3.8) is 0 Å². The largest absolute Gasteiger partial charge is 0.353 e. The van der Waals surface area contributed by atoms with E-state index < -0.39 is 0 Å². The van der Waals surface area contributed by atoms with E-state index in [-0.39, 0.29) is 5.91 Å². The van der Waals surface area contributed by atoms with Crippen LogP contribution in [0.15, 0.2) is 18.2 Å². The molecule has 0 heterocycles. The highest BCUT2D eigenvalue weighted by atomic mass is 35.5. The van der Waals surface area contributed by atoms with Crippen molar-refractivity contribution in [1.82, 2.24) is 5.32 Å². The zero-order valence-electron chi connectivity index (χ0n) is 14.3. The molecule has 0 aromatic heterocycles. The quantitative estimate of drug-likeness (QED) is 0.726. The van der Waals surface area contributed by atoms with Gasteiger partial charge in [0.05, 0.1) is 16.5 Å². The molecule has 0 spiro atoms. The lowest BCUT2D eigenvalue weighted by Gasteiger charge is -2.39. The highest BCUT2D eigenvalue weighted by molar-refractivity contribution is 6.42. The summed E-state index contributed by atoms with van der Waals surface area (Å²) >= 11 is 11.9. The van der Waals surface area contributed by atoms with Crippen LogP contribution in [0.25, 0.3) is 0 Å². The molecule has 1 aliphatic rings. The molecule has 0 aliphatic heterocycles. The van der Waals surface area contributed by atoms with Crippen LogP contribution >= 0.6 is 23.2 Å². The average Bonchev–Trinajstić information content (AvgIpc) is 2.51. The molecule has 0 saturated heterocycles. The molecule has 2 rings (SSSR count). The number of hydrogen-bond acceptors (Lipinski definition) is 1. The summed E-state index contributed by atoms with van der Waals surface area (Å²) in [5.74, 6) is 0.845. The fourth-order valence-electron chi connectivity index (χ4n) is 3.42. The Labute approximate surface area is 149 Å². The first-order chi connectivity index (χ1) is 10.8. The number of nitrogens with one attached hydrogen (secondary N) is 1. The lowest BCUT2D eigenvalue weighted by atomic mass is 9.69. The molecule has 23 heavy (non-hydrogen) atoms. The first kappa shape index (κ1) is 18.6. The Morgan fingerprint density at radius 2 is 1.83 bits per heavy atom. The smallest absolute Gasteiger partial charge is 0.224 e. The van der Waals surface area contributed by atoms with E-state index in [0.29, 0.717) is 27.9 Å². The van der Waals surface area contributed by atoms with Gasteiger partial charge in [-0.25, -0.2) is 0 Å². The Kier molecular flexibility index (Phi) is 6.39. The molecule has 1 fully saturated rings. The fraction of sp³-hybridized carbons (Fsp3) is 0.632. The maximum Gasteiger partial charge on any atom is 0.224 e. The van der Waals surface area contributed by atoms with Gasteiger partial charge in [0.2, 0.25) is 5.91 Å². The van der Waals surface area contributed by atoms with Crippen molar-refractivity contribution in [1.29, 1.82) is 0 Å². The van der Waals surface area contributed by atoms with E-state index in [4.69, 9.17) is 23.2 Å². The predicted octanol–water partition coefficient (Wildman–Crippen LogP) is 5.65. The molecule has 1 saturated carbocycles. The van der Waals surface area contributed by atoms with Crippen LogP contribution in [-0.4, -0.2) is 11.9 Å².